The molecule has 2 rings (SSSR count). The van der Waals surface area contributed by atoms with Crippen molar-refractivity contribution in [3.8, 4) is 0 Å². The molecule has 0 spiro atoms. The molecule has 21 heavy (non-hydrogen) atoms. The fourth-order valence-electron chi connectivity index (χ4n) is 1.92. The van der Waals surface area contributed by atoms with E-state index in [1.165, 1.54) is 11.1 Å². The number of hydrogen-bond acceptors (Lipinski definition) is 4. The number of thiophene rings is 1. The summed E-state index contributed by atoms with van der Waals surface area (Å²) in [4.78, 5) is 19.6. The van der Waals surface area contributed by atoms with Gasteiger partial charge in [0.15, 0.2) is 0 Å². The molecule has 0 aromatic carbocycles. The van der Waals surface area contributed by atoms with Gasteiger partial charge in [-0.3, -0.25) is 4.79 Å². The Kier molecular flexibility index (Phi) is 5.59. The third kappa shape index (κ3) is 4.19. The van der Waals surface area contributed by atoms with Gasteiger partial charge in [-0.1, -0.05) is 17.7 Å². The second-order valence-electron chi connectivity index (χ2n) is 4.64. The van der Waals surface area contributed by atoms with Gasteiger partial charge in [0.1, 0.15) is 5.82 Å². The van der Waals surface area contributed by atoms with Crippen LogP contribution in [0.4, 0.5) is 5.82 Å². The molecule has 2 aromatic heterocycles. The lowest BCUT2D eigenvalue weighted by molar-refractivity contribution is 0.0797. The summed E-state index contributed by atoms with van der Waals surface area (Å²) in [5.74, 6) is 0.579. The second-order valence-corrected chi connectivity index (χ2v) is 6.08. The van der Waals surface area contributed by atoms with Crippen LogP contribution in [0.3, 0.4) is 0 Å². The van der Waals surface area contributed by atoms with Gasteiger partial charge >= 0.3 is 0 Å². The summed E-state index contributed by atoms with van der Waals surface area (Å²) in [6.45, 7) is 3.38. The van der Waals surface area contributed by atoms with E-state index in [0.717, 1.165) is 13.0 Å². The van der Waals surface area contributed by atoms with Gasteiger partial charge in [-0.2, -0.15) is 0 Å². The molecule has 112 valence electrons. The molecular formula is C15H18ClN3OS. The minimum absolute atomic E-state index is 0.0851. The number of aromatic nitrogens is 1. The first-order valence-electron chi connectivity index (χ1n) is 6.79. The van der Waals surface area contributed by atoms with Gasteiger partial charge in [0.2, 0.25) is 0 Å². The van der Waals surface area contributed by atoms with E-state index in [0.29, 0.717) is 22.9 Å². The number of carbonyl (C=O) groups is 1. The van der Waals surface area contributed by atoms with Crippen LogP contribution in [0.2, 0.25) is 5.02 Å². The van der Waals surface area contributed by atoms with Crippen LogP contribution in [0.1, 0.15) is 22.2 Å². The lowest BCUT2D eigenvalue weighted by Gasteiger charge is -2.18. The van der Waals surface area contributed by atoms with Crippen LogP contribution in [0, 0.1) is 0 Å². The lowest BCUT2D eigenvalue weighted by atomic mass is 10.2. The van der Waals surface area contributed by atoms with E-state index in [2.05, 4.69) is 16.4 Å². The van der Waals surface area contributed by atoms with Crippen LogP contribution in [0.5, 0.6) is 0 Å². The number of likely N-dealkylation sites (N-methyl/N-ethyl adjacent to an activating group) is 1. The SMILES string of the molecule is CCNc1cc(C(=O)N(C)CCc2cccs2)c(Cl)cn1. The predicted molar refractivity (Wildman–Crippen MR) is 88.4 cm³/mol. The number of carbonyl (C=O) groups excluding carboxylic acids is 1. The maximum Gasteiger partial charge on any atom is 0.255 e. The van der Waals surface area contributed by atoms with Crippen molar-refractivity contribution in [2.45, 2.75) is 13.3 Å². The number of nitrogens with zero attached hydrogens (tertiary/aromatic N) is 2. The van der Waals surface area contributed by atoms with Gasteiger partial charge in [-0.15, -0.1) is 11.3 Å². The zero-order chi connectivity index (χ0) is 15.2. The zero-order valence-electron chi connectivity index (χ0n) is 12.1. The monoisotopic (exact) mass is 323 g/mol. The molecule has 6 heteroatoms. The molecule has 0 bridgehead atoms. The summed E-state index contributed by atoms with van der Waals surface area (Å²) in [5.41, 5.74) is 0.483. The van der Waals surface area contributed by atoms with E-state index in [-0.39, 0.29) is 5.91 Å². The second kappa shape index (κ2) is 7.43. The van der Waals surface area contributed by atoms with E-state index < -0.39 is 0 Å². The average molecular weight is 324 g/mol. The number of rotatable bonds is 6. The van der Waals surface area contributed by atoms with Gasteiger partial charge in [0, 0.05) is 31.2 Å². The Bertz CT molecular complexity index is 601. The molecule has 2 heterocycles. The smallest absolute Gasteiger partial charge is 0.255 e. The molecule has 4 nitrogen and oxygen atoms in total. The Morgan fingerprint density at radius 1 is 1.52 bits per heavy atom. The number of halogens is 1. The summed E-state index contributed by atoms with van der Waals surface area (Å²) in [6, 6.07) is 5.80. The van der Waals surface area contributed by atoms with Crippen LogP contribution in [0.25, 0.3) is 0 Å². The zero-order valence-corrected chi connectivity index (χ0v) is 13.7. The first-order chi connectivity index (χ1) is 10.1. The Hall–Kier alpha value is -1.59. The fourth-order valence-corrected chi connectivity index (χ4v) is 2.80. The molecule has 0 atom stereocenters. The molecule has 0 saturated heterocycles. The van der Waals surface area contributed by atoms with Crippen molar-refractivity contribution in [1.82, 2.24) is 9.88 Å². The maximum atomic E-state index is 12.5. The molecule has 0 aliphatic carbocycles. The van der Waals surface area contributed by atoms with E-state index >= 15 is 0 Å². The first-order valence-corrected chi connectivity index (χ1v) is 8.04. The standard InChI is InChI=1S/C15H18ClN3OS/c1-3-17-14-9-12(13(16)10-18-14)15(20)19(2)7-6-11-5-4-8-21-11/h4-5,8-10H,3,6-7H2,1-2H3,(H,17,18). The molecule has 1 amide bonds. The molecule has 2 aromatic rings. The maximum absolute atomic E-state index is 12.5. The number of amides is 1. The molecule has 0 fully saturated rings. The molecule has 0 unspecified atom stereocenters. The summed E-state index contributed by atoms with van der Waals surface area (Å²) in [7, 11) is 1.79. The molecule has 0 aliphatic rings. The van der Waals surface area contributed by atoms with Gasteiger partial charge in [-0.05, 0) is 30.9 Å². The third-order valence-corrected chi connectivity index (χ3v) is 4.30. The topological polar surface area (TPSA) is 45.2 Å². The van der Waals surface area contributed by atoms with Crippen molar-refractivity contribution in [3.05, 3.63) is 45.2 Å². The molecule has 0 aliphatic heterocycles. The predicted octanol–water partition coefficient (Wildman–Crippen LogP) is 3.54. The molecular weight excluding hydrogens is 306 g/mol. The molecule has 0 saturated carbocycles. The fraction of sp³-hybridized carbons (Fsp3) is 0.333. The summed E-state index contributed by atoms with van der Waals surface area (Å²) in [5, 5.41) is 5.51. The Morgan fingerprint density at radius 3 is 3.00 bits per heavy atom. The summed E-state index contributed by atoms with van der Waals surface area (Å²) in [6.07, 6.45) is 2.36. The highest BCUT2D eigenvalue weighted by Crippen LogP contribution is 2.20. The highest BCUT2D eigenvalue weighted by Gasteiger charge is 2.16. The Morgan fingerprint density at radius 2 is 2.33 bits per heavy atom. The number of pyridine rings is 1. The number of nitrogens with one attached hydrogen (secondary N) is 1. The largest absolute Gasteiger partial charge is 0.370 e. The van der Waals surface area contributed by atoms with Crippen molar-refractivity contribution in [3.63, 3.8) is 0 Å². The van der Waals surface area contributed by atoms with E-state index in [9.17, 15) is 4.79 Å². The first kappa shape index (κ1) is 15.8. The van der Waals surface area contributed by atoms with Crippen molar-refractivity contribution >= 4 is 34.7 Å². The van der Waals surface area contributed by atoms with Crippen molar-refractivity contribution < 1.29 is 4.79 Å². The normalized spacial score (nSPS) is 10.4. The average Bonchev–Trinajstić information content (AvgIpc) is 2.99. The third-order valence-electron chi connectivity index (χ3n) is 3.06. The number of anilines is 1. The highest BCUT2D eigenvalue weighted by atomic mass is 35.5. The Balaban J connectivity index is 2.05. The summed E-state index contributed by atoms with van der Waals surface area (Å²) < 4.78 is 0. The number of hydrogen-bond donors (Lipinski definition) is 1. The van der Waals surface area contributed by atoms with Crippen LogP contribution in [-0.2, 0) is 6.42 Å². The van der Waals surface area contributed by atoms with Gasteiger partial charge in [0.05, 0.1) is 10.6 Å². The van der Waals surface area contributed by atoms with E-state index in [4.69, 9.17) is 11.6 Å². The molecule has 1 N–H and O–H groups in total. The van der Waals surface area contributed by atoms with Crippen molar-refractivity contribution in [2.24, 2.45) is 0 Å². The van der Waals surface area contributed by atoms with Crippen LogP contribution in [0.15, 0.2) is 29.8 Å². The highest BCUT2D eigenvalue weighted by molar-refractivity contribution is 7.09. The van der Waals surface area contributed by atoms with Crippen molar-refractivity contribution in [1.29, 1.82) is 0 Å². The van der Waals surface area contributed by atoms with Crippen LogP contribution < -0.4 is 5.32 Å². The minimum Gasteiger partial charge on any atom is -0.370 e. The summed E-state index contributed by atoms with van der Waals surface area (Å²) >= 11 is 7.80. The van der Waals surface area contributed by atoms with Gasteiger partial charge < -0.3 is 10.2 Å². The van der Waals surface area contributed by atoms with Gasteiger partial charge in [-0.25, -0.2) is 4.98 Å². The Labute approximate surface area is 133 Å². The van der Waals surface area contributed by atoms with Crippen LogP contribution in [-0.4, -0.2) is 35.9 Å². The van der Waals surface area contributed by atoms with Gasteiger partial charge in [0.25, 0.3) is 5.91 Å². The minimum atomic E-state index is -0.0851. The lowest BCUT2D eigenvalue weighted by Crippen LogP contribution is -2.29. The van der Waals surface area contributed by atoms with E-state index in [1.807, 2.05) is 18.4 Å². The van der Waals surface area contributed by atoms with Crippen LogP contribution >= 0.6 is 22.9 Å². The quantitative estimate of drug-likeness (QED) is 0.884. The molecule has 0 radical (unpaired) electrons. The van der Waals surface area contributed by atoms with Crippen molar-refractivity contribution in [2.75, 3.05) is 25.5 Å². The van der Waals surface area contributed by atoms with E-state index in [1.54, 1.807) is 29.4 Å².